The fraction of sp³-hybridized carbons (Fsp3) is 0.562. The van der Waals surface area contributed by atoms with E-state index in [2.05, 4.69) is 20.2 Å². The number of nitrogens with zero attached hydrogens (tertiary/aromatic N) is 3. The maximum absolute atomic E-state index is 12.4. The summed E-state index contributed by atoms with van der Waals surface area (Å²) in [7, 11) is 0. The first-order valence-corrected chi connectivity index (χ1v) is 8.51. The number of hydrogen-bond acceptors (Lipinski definition) is 5. The summed E-state index contributed by atoms with van der Waals surface area (Å²) in [4.78, 5) is 23.4. The fourth-order valence-corrected chi connectivity index (χ4v) is 3.71. The molecule has 2 aromatic heterocycles. The third kappa shape index (κ3) is 3.38. The molecule has 1 atom stereocenters. The van der Waals surface area contributed by atoms with Crippen molar-refractivity contribution in [3.8, 4) is 0 Å². The highest BCUT2D eigenvalue weighted by molar-refractivity contribution is 7.22. The quantitative estimate of drug-likeness (QED) is 0.925. The zero-order valence-electron chi connectivity index (χ0n) is 13.3. The van der Waals surface area contributed by atoms with Crippen LogP contribution in [-0.4, -0.2) is 34.5 Å². The third-order valence-electron chi connectivity index (χ3n) is 3.74. The van der Waals surface area contributed by atoms with Crippen molar-refractivity contribution in [1.29, 1.82) is 0 Å². The number of pyridine rings is 1. The van der Waals surface area contributed by atoms with E-state index in [-0.39, 0.29) is 17.4 Å². The monoisotopic (exact) mass is 318 g/mol. The number of nitrogens with one attached hydrogen (secondary N) is 1. The second-order valence-electron chi connectivity index (χ2n) is 6.86. The Labute approximate surface area is 134 Å². The fourth-order valence-electron chi connectivity index (χ4n) is 2.74. The van der Waals surface area contributed by atoms with Gasteiger partial charge in [0.25, 0.3) is 0 Å². The molecule has 0 spiro atoms. The molecular formula is C16H22N4OS. The van der Waals surface area contributed by atoms with E-state index in [1.54, 1.807) is 23.7 Å². The summed E-state index contributed by atoms with van der Waals surface area (Å²) < 4.78 is 1.14. The zero-order valence-corrected chi connectivity index (χ0v) is 14.1. The third-order valence-corrected chi connectivity index (χ3v) is 4.84. The lowest BCUT2D eigenvalue weighted by Crippen LogP contribution is -2.48. The van der Waals surface area contributed by atoms with Gasteiger partial charge in [-0.05, 0) is 39.7 Å². The molecule has 0 aromatic carbocycles. The van der Waals surface area contributed by atoms with E-state index in [0.29, 0.717) is 0 Å². The van der Waals surface area contributed by atoms with E-state index in [1.807, 2.05) is 26.8 Å². The van der Waals surface area contributed by atoms with Crippen LogP contribution in [0.25, 0.3) is 10.2 Å². The van der Waals surface area contributed by atoms with Crippen LogP contribution in [0.5, 0.6) is 0 Å². The van der Waals surface area contributed by atoms with Gasteiger partial charge < -0.3 is 10.2 Å². The summed E-state index contributed by atoms with van der Waals surface area (Å²) in [6.45, 7) is 7.77. The Morgan fingerprint density at radius 2 is 2.27 bits per heavy atom. The topological polar surface area (TPSA) is 58.1 Å². The molecule has 0 bridgehead atoms. The largest absolute Gasteiger partial charge is 0.351 e. The number of amides is 1. The lowest BCUT2D eigenvalue weighted by molar-refractivity contribution is -0.126. The average molecular weight is 318 g/mol. The molecule has 22 heavy (non-hydrogen) atoms. The molecule has 0 saturated carbocycles. The normalized spacial score (nSPS) is 19.4. The van der Waals surface area contributed by atoms with Crippen LogP contribution in [0.3, 0.4) is 0 Å². The van der Waals surface area contributed by atoms with Crippen molar-refractivity contribution < 1.29 is 4.79 Å². The molecule has 5 nitrogen and oxygen atoms in total. The minimum Gasteiger partial charge on any atom is -0.351 e. The zero-order chi connectivity index (χ0) is 15.7. The van der Waals surface area contributed by atoms with Gasteiger partial charge in [-0.25, -0.2) is 4.98 Å². The maximum Gasteiger partial charge on any atom is 0.225 e. The van der Waals surface area contributed by atoms with Gasteiger partial charge in [0.1, 0.15) is 5.52 Å². The second kappa shape index (κ2) is 5.83. The molecular weight excluding hydrogens is 296 g/mol. The van der Waals surface area contributed by atoms with Crippen LogP contribution >= 0.6 is 11.3 Å². The van der Waals surface area contributed by atoms with Crippen LogP contribution in [0.15, 0.2) is 18.5 Å². The summed E-state index contributed by atoms with van der Waals surface area (Å²) in [6.07, 6.45) is 5.56. The molecule has 1 aliphatic heterocycles. The SMILES string of the molecule is CC(C)(C)NC(=O)C1CCCN(c2nc3cnccc3s2)C1. The molecule has 3 rings (SSSR count). The van der Waals surface area contributed by atoms with Crippen LogP contribution in [0.4, 0.5) is 5.13 Å². The van der Waals surface area contributed by atoms with Crippen LogP contribution in [0, 0.1) is 5.92 Å². The molecule has 1 amide bonds. The Morgan fingerprint density at radius 3 is 3.00 bits per heavy atom. The molecule has 1 saturated heterocycles. The van der Waals surface area contributed by atoms with Gasteiger partial charge in [0, 0.05) is 24.8 Å². The smallest absolute Gasteiger partial charge is 0.225 e. The lowest BCUT2D eigenvalue weighted by atomic mass is 9.96. The molecule has 0 radical (unpaired) electrons. The summed E-state index contributed by atoms with van der Waals surface area (Å²) >= 11 is 1.67. The number of rotatable bonds is 2. The minimum atomic E-state index is -0.180. The van der Waals surface area contributed by atoms with Crippen molar-refractivity contribution in [1.82, 2.24) is 15.3 Å². The van der Waals surface area contributed by atoms with Gasteiger partial charge in [-0.2, -0.15) is 0 Å². The number of carbonyl (C=O) groups excluding carboxylic acids is 1. The Balaban J connectivity index is 1.74. The Morgan fingerprint density at radius 1 is 1.45 bits per heavy atom. The molecule has 1 fully saturated rings. The molecule has 1 unspecified atom stereocenters. The highest BCUT2D eigenvalue weighted by Gasteiger charge is 2.29. The minimum absolute atomic E-state index is 0.0399. The van der Waals surface area contributed by atoms with E-state index in [1.165, 1.54) is 0 Å². The summed E-state index contributed by atoms with van der Waals surface area (Å²) in [5, 5.41) is 4.09. The summed E-state index contributed by atoms with van der Waals surface area (Å²) in [5.74, 6) is 0.193. The van der Waals surface area contributed by atoms with E-state index in [9.17, 15) is 4.79 Å². The van der Waals surface area contributed by atoms with Gasteiger partial charge in [0.2, 0.25) is 5.91 Å². The number of hydrogen-bond donors (Lipinski definition) is 1. The van der Waals surface area contributed by atoms with E-state index < -0.39 is 0 Å². The molecule has 1 aliphatic rings. The van der Waals surface area contributed by atoms with Gasteiger partial charge in [0.05, 0.1) is 16.8 Å². The second-order valence-corrected chi connectivity index (χ2v) is 7.87. The number of piperidine rings is 1. The van der Waals surface area contributed by atoms with Gasteiger partial charge in [-0.3, -0.25) is 9.78 Å². The van der Waals surface area contributed by atoms with Gasteiger partial charge in [-0.1, -0.05) is 11.3 Å². The van der Waals surface area contributed by atoms with Crippen molar-refractivity contribution in [3.05, 3.63) is 18.5 Å². The number of thiazole rings is 1. The highest BCUT2D eigenvalue weighted by atomic mass is 32.1. The van der Waals surface area contributed by atoms with Crippen molar-refractivity contribution in [2.45, 2.75) is 39.2 Å². The first kappa shape index (κ1) is 15.2. The average Bonchev–Trinajstić information content (AvgIpc) is 2.89. The molecule has 0 aliphatic carbocycles. The predicted octanol–water partition coefficient (Wildman–Crippen LogP) is 2.82. The van der Waals surface area contributed by atoms with E-state index >= 15 is 0 Å². The van der Waals surface area contributed by atoms with Gasteiger partial charge in [0.15, 0.2) is 5.13 Å². The van der Waals surface area contributed by atoms with E-state index in [0.717, 1.165) is 41.3 Å². The van der Waals surface area contributed by atoms with Crippen LogP contribution in [0.1, 0.15) is 33.6 Å². The van der Waals surface area contributed by atoms with Gasteiger partial charge in [-0.15, -0.1) is 0 Å². The van der Waals surface area contributed by atoms with E-state index in [4.69, 9.17) is 0 Å². The first-order chi connectivity index (χ1) is 10.4. The maximum atomic E-state index is 12.4. The van der Waals surface area contributed by atoms with Crippen LogP contribution < -0.4 is 10.2 Å². The van der Waals surface area contributed by atoms with Crippen LogP contribution in [-0.2, 0) is 4.79 Å². The Kier molecular flexibility index (Phi) is 4.04. The molecule has 118 valence electrons. The van der Waals surface area contributed by atoms with Gasteiger partial charge >= 0.3 is 0 Å². The predicted molar refractivity (Wildman–Crippen MR) is 90.2 cm³/mol. The van der Waals surface area contributed by atoms with Crippen molar-refractivity contribution in [2.24, 2.45) is 5.92 Å². The molecule has 3 heterocycles. The molecule has 2 aromatic rings. The summed E-state index contributed by atoms with van der Waals surface area (Å²) in [6, 6.07) is 1.99. The van der Waals surface area contributed by atoms with Crippen LogP contribution in [0.2, 0.25) is 0 Å². The number of carbonyl (C=O) groups is 1. The lowest BCUT2D eigenvalue weighted by Gasteiger charge is -2.33. The summed E-state index contributed by atoms with van der Waals surface area (Å²) in [5.41, 5.74) is 0.754. The van der Waals surface area contributed by atoms with Crippen molar-refractivity contribution in [3.63, 3.8) is 0 Å². The number of aromatic nitrogens is 2. The highest BCUT2D eigenvalue weighted by Crippen LogP contribution is 2.31. The molecule has 1 N–H and O–H groups in total. The number of fused-ring (bicyclic) bond motifs is 1. The first-order valence-electron chi connectivity index (χ1n) is 7.70. The molecule has 6 heteroatoms. The Hall–Kier alpha value is -1.69. The van der Waals surface area contributed by atoms with Crippen molar-refractivity contribution in [2.75, 3.05) is 18.0 Å². The number of anilines is 1. The standard InChI is InChI=1S/C16H22N4OS/c1-16(2,3)19-14(21)11-5-4-8-20(10-11)15-18-12-9-17-7-6-13(12)22-15/h6-7,9,11H,4-5,8,10H2,1-3H3,(H,19,21). The van der Waals surface area contributed by atoms with Crippen molar-refractivity contribution >= 4 is 32.6 Å². The Bertz CT molecular complexity index is 643.